The molecular weight excluding hydrogens is 525 g/mol. The number of hydrogen-bond donors (Lipinski definition) is 2. The van der Waals surface area contributed by atoms with E-state index in [4.69, 9.17) is 27.9 Å². The average molecular weight is 548 g/mol. The van der Waals surface area contributed by atoms with Crippen LogP contribution >= 0.6 is 23.2 Å². The van der Waals surface area contributed by atoms with Crippen molar-refractivity contribution in [2.75, 3.05) is 36.4 Å². The third kappa shape index (κ3) is 4.74. The van der Waals surface area contributed by atoms with Crippen LogP contribution in [-0.2, 0) is 0 Å². The van der Waals surface area contributed by atoms with E-state index in [1.165, 1.54) is 17.0 Å². The average Bonchev–Trinajstić information content (AvgIpc) is 3.74. The van der Waals surface area contributed by atoms with E-state index in [0.717, 1.165) is 56.1 Å². The lowest BCUT2D eigenvalue weighted by Crippen LogP contribution is -2.43. The highest BCUT2D eigenvalue weighted by molar-refractivity contribution is 6.37. The van der Waals surface area contributed by atoms with Gasteiger partial charge >= 0.3 is 0 Å². The molecule has 2 aliphatic rings. The molecule has 2 fully saturated rings. The third-order valence-electron chi connectivity index (χ3n) is 6.54. The highest BCUT2D eigenvalue weighted by Gasteiger charge is 2.26. The molecular formula is C27H23Cl2N7O2. The maximum Gasteiger partial charge on any atom is 0.266 e. The minimum atomic E-state index is -0.430. The number of benzene rings is 2. The van der Waals surface area contributed by atoms with Gasteiger partial charge in [-0.2, -0.15) is 5.26 Å². The van der Waals surface area contributed by atoms with Crippen molar-refractivity contribution >= 4 is 51.4 Å². The quantitative estimate of drug-likeness (QED) is 0.359. The number of nitrogens with zero attached hydrogens (tertiary/aromatic N) is 5. The first-order valence-corrected chi connectivity index (χ1v) is 13.1. The molecule has 38 heavy (non-hydrogen) atoms. The van der Waals surface area contributed by atoms with Crippen molar-refractivity contribution in [2.45, 2.75) is 18.9 Å². The van der Waals surface area contributed by atoms with Crippen molar-refractivity contribution in [3.8, 4) is 17.5 Å². The fraction of sp³-hybridized carbons (Fsp3) is 0.259. The summed E-state index contributed by atoms with van der Waals surface area (Å²) in [5.41, 5.74) is 2.10. The first-order chi connectivity index (χ1) is 18.5. The Morgan fingerprint density at radius 1 is 1.13 bits per heavy atom. The normalized spacial score (nSPS) is 15.3. The summed E-state index contributed by atoms with van der Waals surface area (Å²) in [5, 5.41) is 17.2. The maximum absolute atomic E-state index is 13.3. The number of hydrogen-bond acceptors (Lipinski definition) is 8. The molecule has 4 aromatic rings. The van der Waals surface area contributed by atoms with E-state index in [0.29, 0.717) is 5.69 Å². The lowest BCUT2D eigenvalue weighted by molar-refractivity contribution is 0.303. The number of pyridine rings is 1. The SMILES string of the molecule is N#Cc1cn(-c2c(Cl)cccc2Cl)c(=O)c2cnc(Nc3ccc(N4CCNCC4)c(OC4CC4)c3)nc12. The molecule has 0 bridgehead atoms. The minimum absolute atomic E-state index is 0.178. The molecule has 9 nitrogen and oxygen atoms in total. The fourth-order valence-corrected chi connectivity index (χ4v) is 5.08. The zero-order valence-electron chi connectivity index (χ0n) is 20.2. The predicted molar refractivity (Wildman–Crippen MR) is 148 cm³/mol. The minimum Gasteiger partial charge on any atom is -0.488 e. The number of anilines is 3. The molecule has 1 aliphatic carbocycles. The number of fused-ring (bicyclic) bond motifs is 1. The Labute approximate surface area is 228 Å². The highest BCUT2D eigenvalue weighted by atomic mass is 35.5. The van der Waals surface area contributed by atoms with Crippen LogP contribution in [-0.4, -0.2) is 46.8 Å². The lowest BCUT2D eigenvalue weighted by Gasteiger charge is -2.31. The summed E-state index contributed by atoms with van der Waals surface area (Å²) in [5.74, 6) is 1.08. The van der Waals surface area contributed by atoms with E-state index >= 15 is 0 Å². The zero-order chi connectivity index (χ0) is 26.2. The van der Waals surface area contributed by atoms with Crippen molar-refractivity contribution in [1.29, 1.82) is 5.26 Å². The smallest absolute Gasteiger partial charge is 0.266 e. The van der Waals surface area contributed by atoms with E-state index in [1.807, 2.05) is 18.2 Å². The molecule has 2 aromatic heterocycles. The summed E-state index contributed by atoms with van der Waals surface area (Å²) in [6.45, 7) is 3.68. The number of nitriles is 1. The zero-order valence-corrected chi connectivity index (χ0v) is 21.8. The van der Waals surface area contributed by atoms with E-state index in [2.05, 4.69) is 31.6 Å². The summed E-state index contributed by atoms with van der Waals surface area (Å²) in [6.07, 6.45) is 5.17. The first-order valence-electron chi connectivity index (χ1n) is 12.3. The van der Waals surface area contributed by atoms with Crippen LogP contribution in [0, 0.1) is 11.3 Å². The summed E-state index contributed by atoms with van der Waals surface area (Å²) in [4.78, 5) is 24.5. The fourth-order valence-electron chi connectivity index (χ4n) is 4.50. The number of piperazine rings is 1. The van der Waals surface area contributed by atoms with Crippen LogP contribution in [0.5, 0.6) is 5.75 Å². The van der Waals surface area contributed by atoms with Crippen molar-refractivity contribution in [2.24, 2.45) is 0 Å². The molecule has 2 N–H and O–H groups in total. The van der Waals surface area contributed by atoms with Crippen LogP contribution < -0.4 is 25.8 Å². The lowest BCUT2D eigenvalue weighted by atomic mass is 10.2. The molecule has 11 heteroatoms. The molecule has 6 rings (SSSR count). The monoisotopic (exact) mass is 547 g/mol. The number of rotatable bonds is 6. The van der Waals surface area contributed by atoms with E-state index < -0.39 is 5.56 Å². The number of aromatic nitrogens is 3. The molecule has 2 aromatic carbocycles. The van der Waals surface area contributed by atoms with E-state index in [9.17, 15) is 10.1 Å². The van der Waals surface area contributed by atoms with Gasteiger partial charge in [0.1, 0.15) is 17.3 Å². The molecule has 192 valence electrons. The van der Waals surface area contributed by atoms with Crippen molar-refractivity contribution in [3.05, 3.63) is 74.8 Å². The molecule has 0 amide bonds. The van der Waals surface area contributed by atoms with Gasteiger partial charge in [0.2, 0.25) is 5.95 Å². The van der Waals surface area contributed by atoms with Crippen LogP contribution in [0.2, 0.25) is 10.0 Å². The largest absolute Gasteiger partial charge is 0.488 e. The second-order valence-electron chi connectivity index (χ2n) is 9.22. The van der Waals surface area contributed by atoms with Gasteiger partial charge in [-0.25, -0.2) is 9.97 Å². The Morgan fingerprint density at radius 2 is 1.89 bits per heavy atom. The Balaban J connectivity index is 1.36. The molecule has 0 atom stereocenters. The Hall–Kier alpha value is -3.84. The standard InChI is InChI=1S/C27H23Cl2N7O2/c28-20-2-1-3-21(29)25(20)36-15-16(13-30)24-19(26(36)37)14-32-27(34-24)33-17-4-7-22(35-10-8-31-9-11-35)23(12-17)38-18-5-6-18/h1-4,7,12,14-15,18,31H,5-6,8-11H2,(H,32,33,34). The van der Waals surface area contributed by atoms with Crippen molar-refractivity contribution < 1.29 is 4.74 Å². The van der Waals surface area contributed by atoms with Crippen LogP contribution in [0.1, 0.15) is 18.4 Å². The van der Waals surface area contributed by atoms with Gasteiger partial charge in [-0.05, 0) is 37.1 Å². The predicted octanol–water partition coefficient (Wildman–Crippen LogP) is 4.65. The van der Waals surface area contributed by atoms with Gasteiger partial charge < -0.3 is 20.3 Å². The summed E-state index contributed by atoms with van der Waals surface area (Å²) < 4.78 is 7.50. The number of ether oxygens (including phenoxy) is 1. The Kier molecular flexibility index (Phi) is 6.54. The van der Waals surface area contributed by atoms with Crippen LogP contribution in [0.4, 0.5) is 17.3 Å². The third-order valence-corrected chi connectivity index (χ3v) is 7.15. The van der Waals surface area contributed by atoms with Gasteiger partial charge in [0, 0.05) is 50.3 Å². The van der Waals surface area contributed by atoms with Crippen LogP contribution in [0.3, 0.4) is 0 Å². The molecule has 1 saturated carbocycles. The van der Waals surface area contributed by atoms with Gasteiger partial charge in [0.05, 0.1) is 38.5 Å². The summed E-state index contributed by atoms with van der Waals surface area (Å²) >= 11 is 12.6. The van der Waals surface area contributed by atoms with Crippen molar-refractivity contribution in [3.63, 3.8) is 0 Å². The molecule has 0 spiro atoms. The number of nitrogens with one attached hydrogen (secondary N) is 2. The highest BCUT2D eigenvalue weighted by Crippen LogP contribution is 2.37. The second kappa shape index (κ2) is 10.1. The Bertz CT molecular complexity index is 1620. The van der Waals surface area contributed by atoms with Crippen LogP contribution in [0.25, 0.3) is 16.6 Å². The van der Waals surface area contributed by atoms with Gasteiger partial charge in [0.15, 0.2) is 0 Å². The number of halogens is 2. The summed E-state index contributed by atoms with van der Waals surface area (Å²) in [7, 11) is 0. The molecule has 0 unspecified atom stereocenters. The molecule has 1 aliphatic heterocycles. The van der Waals surface area contributed by atoms with E-state index in [-0.39, 0.29) is 38.6 Å². The van der Waals surface area contributed by atoms with Gasteiger partial charge in [-0.1, -0.05) is 29.3 Å². The Morgan fingerprint density at radius 3 is 2.61 bits per heavy atom. The number of para-hydroxylation sites is 1. The van der Waals surface area contributed by atoms with Gasteiger partial charge in [0.25, 0.3) is 5.56 Å². The molecule has 1 saturated heterocycles. The molecule has 3 heterocycles. The van der Waals surface area contributed by atoms with E-state index in [1.54, 1.807) is 18.2 Å². The second-order valence-corrected chi connectivity index (χ2v) is 10.0. The maximum atomic E-state index is 13.3. The topological polar surface area (TPSA) is 108 Å². The van der Waals surface area contributed by atoms with Gasteiger partial charge in [-0.3, -0.25) is 9.36 Å². The van der Waals surface area contributed by atoms with Gasteiger partial charge in [-0.15, -0.1) is 0 Å². The van der Waals surface area contributed by atoms with Crippen LogP contribution in [0.15, 0.2) is 53.6 Å². The summed E-state index contributed by atoms with van der Waals surface area (Å²) in [6, 6.07) is 13.0. The molecule has 0 radical (unpaired) electrons. The van der Waals surface area contributed by atoms with Crippen molar-refractivity contribution in [1.82, 2.24) is 19.9 Å². The first kappa shape index (κ1) is 24.5.